The third-order valence-corrected chi connectivity index (χ3v) is 2.39. The number of hydrogen-bond donors (Lipinski definition) is 1. The van der Waals surface area contributed by atoms with E-state index >= 15 is 0 Å². The number of rotatable bonds is 4. The molecule has 0 saturated carbocycles. The first-order valence-corrected chi connectivity index (χ1v) is 5.45. The molecule has 0 aliphatic carbocycles. The van der Waals surface area contributed by atoms with Gasteiger partial charge in [0.25, 0.3) is 0 Å². The van der Waals surface area contributed by atoms with Gasteiger partial charge in [0.15, 0.2) is 0 Å². The lowest BCUT2D eigenvalue weighted by atomic mass is 10.1. The molecule has 0 spiro atoms. The van der Waals surface area contributed by atoms with Gasteiger partial charge in [-0.05, 0) is 18.1 Å². The van der Waals surface area contributed by atoms with Gasteiger partial charge in [-0.15, -0.1) is 0 Å². The summed E-state index contributed by atoms with van der Waals surface area (Å²) in [5, 5.41) is 9.55. The Kier molecular flexibility index (Phi) is 4.69. The minimum Gasteiger partial charge on any atom is -0.507 e. The minimum atomic E-state index is -0.542. The van der Waals surface area contributed by atoms with E-state index in [0.29, 0.717) is 5.56 Å². The van der Waals surface area contributed by atoms with Crippen molar-refractivity contribution in [1.29, 1.82) is 0 Å². The topological polar surface area (TPSA) is 58.9 Å². The molecule has 0 saturated heterocycles. The zero-order chi connectivity index (χ0) is 12.8. The number of carbonyl (C=O) groups is 1. The van der Waals surface area contributed by atoms with Crippen LogP contribution in [0.5, 0.6) is 5.75 Å². The molecule has 0 aliphatic heterocycles. The molecule has 4 nitrogen and oxygen atoms in total. The van der Waals surface area contributed by atoms with Crippen molar-refractivity contribution in [2.24, 2.45) is 10.9 Å². The average molecular weight is 235 g/mol. The van der Waals surface area contributed by atoms with Crippen LogP contribution in [-0.2, 0) is 9.53 Å². The van der Waals surface area contributed by atoms with E-state index in [9.17, 15) is 9.90 Å². The molecule has 0 unspecified atom stereocenters. The number of carbonyl (C=O) groups excluding carboxylic acids is 1. The fourth-order valence-corrected chi connectivity index (χ4v) is 1.38. The minimum absolute atomic E-state index is 0.0459. The maximum absolute atomic E-state index is 11.5. The summed E-state index contributed by atoms with van der Waals surface area (Å²) in [5.74, 6) is -0.181. The number of phenols is 1. The van der Waals surface area contributed by atoms with Crippen molar-refractivity contribution in [3.05, 3.63) is 29.8 Å². The van der Waals surface area contributed by atoms with Gasteiger partial charge >= 0.3 is 5.97 Å². The fraction of sp³-hybridized carbons (Fsp3) is 0.385. The van der Waals surface area contributed by atoms with Crippen LogP contribution in [0.1, 0.15) is 19.4 Å². The van der Waals surface area contributed by atoms with Crippen molar-refractivity contribution in [3.63, 3.8) is 0 Å². The van der Waals surface area contributed by atoms with Gasteiger partial charge in [-0.3, -0.25) is 4.99 Å². The van der Waals surface area contributed by atoms with Crippen molar-refractivity contribution in [2.75, 3.05) is 7.11 Å². The lowest BCUT2D eigenvalue weighted by Crippen LogP contribution is -2.25. The number of nitrogens with zero attached hydrogens (tertiary/aromatic N) is 1. The molecular formula is C13H17NO3. The highest BCUT2D eigenvalue weighted by molar-refractivity contribution is 5.86. The highest BCUT2D eigenvalue weighted by Gasteiger charge is 2.21. The van der Waals surface area contributed by atoms with Crippen molar-refractivity contribution in [1.82, 2.24) is 0 Å². The zero-order valence-corrected chi connectivity index (χ0v) is 10.3. The summed E-state index contributed by atoms with van der Waals surface area (Å²) >= 11 is 0. The summed E-state index contributed by atoms with van der Waals surface area (Å²) in [4.78, 5) is 15.6. The first kappa shape index (κ1) is 13.2. The normalized spacial score (nSPS) is 12.9. The molecular weight excluding hydrogens is 218 g/mol. The van der Waals surface area contributed by atoms with E-state index in [4.69, 9.17) is 0 Å². The van der Waals surface area contributed by atoms with Gasteiger partial charge in [0.2, 0.25) is 0 Å². The molecule has 0 aromatic heterocycles. The van der Waals surface area contributed by atoms with Crippen molar-refractivity contribution in [3.8, 4) is 5.75 Å². The van der Waals surface area contributed by atoms with Gasteiger partial charge in [-0.2, -0.15) is 0 Å². The lowest BCUT2D eigenvalue weighted by molar-refractivity contribution is -0.143. The zero-order valence-electron chi connectivity index (χ0n) is 10.3. The number of aromatic hydroxyl groups is 1. The van der Waals surface area contributed by atoms with E-state index in [1.807, 2.05) is 13.8 Å². The average Bonchev–Trinajstić information content (AvgIpc) is 2.30. The van der Waals surface area contributed by atoms with Crippen LogP contribution in [0.3, 0.4) is 0 Å². The van der Waals surface area contributed by atoms with E-state index in [1.165, 1.54) is 13.3 Å². The summed E-state index contributed by atoms with van der Waals surface area (Å²) in [6.45, 7) is 3.79. The SMILES string of the molecule is COC(=O)[C@@H](N=Cc1ccccc1O)C(C)C. The maximum atomic E-state index is 11.5. The molecule has 92 valence electrons. The highest BCUT2D eigenvalue weighted by atomic mass is 16.5. The second-order valence-electron chi connectivity index (χ2n) is 4.05. The third kappa shape index (κ3) is 3.59. The summed E-state index contributed by atoms with van der Waals surface area (Å²) in [5.41, 5.74) is 0.585. The number of para-hydroxylation sites is 1. The Labute approximate surface area is 101 Å². The van der Waals surface area contributed by atoms with Gasteiger partial charge in [-0.1, -0.05) is 26.0 Å². The highest BCUT2D eigenvalue weighted by Crippen LogP contribution is 2.14. The number of aliphatic imine (C=N–C) groups is 1. The molecule has 0 heterocycles. The number of benzene rings is 1. The van der Waals surface area contributed by atoms with Crippen molar-refractivity contribution >= 4 is 12.2 Å². The van der Waals surface area contributed by atoms with Gasteiger partial charge < -0.3 is 9.84 Å². The van der Waals surface area contributed by atoms with E-state index < -0.39 is 6.04 Å². The molecule has 1 rings (SSSR count). The van der Waals surface area contributed by atoms with Crippen LogP contribution >= 0.6 is 0 Å². The number of phenolic OH excluding ortho intramolecular Hbond substituents is 1. The number of ether oxygens (including phenoxy) is 1. The van der Waals surface area contributed by atoms with Gasteiger partial charge in [-0.25, -0.2) is 4.79 Å². The van der Waals surface area contributed by atoms with Crippen LogP contribution in [0.25, 0.3) is 0 Å². The second-order valence-corrected chi connectivity index (χ2v) is 4.05. The standard InChI is InChI=1S/C13H17NO3/c1-9(2)12(13(16)17-3)14-8-10-6-4-5-7-11(10)15/h4-9,12,15H,1-3H3/t12-/m0/s1. The molecule has 1 aromatic rings. The van der Waals surface area contributed by atoms with E-state index in [0.717, 1.165) is 0 Å². The molecule has 0 amide bonds. The summed E-state index contributed by atoms with van der Waals surface area (Å²) < 4.78 is 4.68. The molecule has 0 aliphatic rings. The van der Waals surface area contributed by atoms with Crippen LogP contribution in [0.2, 0.25) is 0 Å². The molecule has 1 N–H and O–H groups in total. The van der Waals surface area contributed by atoms with Crippen LogP contribution in [-0.4, -0.2) is 30.4 Å². The predicted octanol–water partition coefficient (Wildman–Crippen LogP) is 2.01. The first-order valence-electron chi connectivity index (χ1n) is 5.45. The van der Waals surface area contributed by atoms with Crippen LogP contribution < -0.4 is 0 Å². The van der Waals surface area contributed by atoms with Gasteiger partial charge in [0, 0.05) is 11.8 Å². The number of methoxy groups -OCH3 is 1. The number of hydrogen-bond acceptors (Lipinski definition) is 4. The molecule has 17 heavy (non-hydrogen) atoms. The Morgan fingerprint density at radius 2 is 2.06 bits per heavy atom. The summed E-state index contributed by atoms with van der Waals surface area (Å²) in [6.07, 6.45) is 1.50. The maximum Gasteiger partial charge on any atom is 0.330 e. The van der Waals surface area contributed by atoms with E-state index in [2.05, 4.69) is 9.73 Å². The smallest absolute Gasteiger partial charge is 0.330 e. The molecule has 0 radical (unpaired) electrons. The molecule has 4 heteroatoms. The number of esters is 1. The largest absolute Gasteiger partial charge is 0.507 e. The molecule has 1 aromatic carbocycles. The van der Waals surface area contributed by atoms with Crippen LogP contribution in [0.4, 0.5) is 0 Å². The Morgan fingerprint density at radius 1 is 1.41 bits per heavy atom. The molecule has 0 fully saturated rings. The lowest BCUT2D eigenvalue weighted by Gasteiger charge is -2.13. The first-order chi connectivity index (χ1) is 8.06. The van der Waals surface area contributed by atoms with Crippen molar-refractivity contribution < 1.29 is 14.6 Å². The van der Waals surface area contributed by atoms with Crippen LogP contribution in [0, 0.1) is 5.92 Å². The Hall–Kier alpha value is -1.84. The quantitative estimate of drug-likeness (QED) is 0.641. The van der Waals surface area contributed by atoms with Crippen molar-refractivity contribution in [2.45, 2.75) is 19.9 Å². The van der Waals surface area contributed by atoms with E-state index in [-0.39, 0.29) is 17.6 Å². The van der Waals surface area contributed by atoms with E-state index in [1.54, 1.807) is 24.3 Å². The molecule has 0 bridgehead atoms. The van der Waals surface area contributed by atoms with Crippen LogP contribution in [0.15, 0.2) is 29.3 Å². The summed E-state index contributed by atoms with van der Waals surface area (Å²) in [7, 11) is 1.34. The fourth-order valence-electron chi connectivity index (χ4n) is 1.38. The Bertz CT molecular complexity index is 413. The van der Waals surface area contributed by atoms with Gasteiger partial charge in [0.05, 0.1) is 7.11 Å². The Balaban J connectivity index is 2.87. The Morgan fingerprint density at radius 3 is 2.59 bits per heavy atom. The van der Waals surface area contributed by atoms with Gasteiger partial charge in [0.1, 0.15) is 11.8 Å². The molecule has 1 atom stereocenters. The monoisotopic (exact) mass is 235 g/mol. The summed E-state index contributed by atoms with van der Waals surface area (Å²) in [6, 6.07) is 6.29. The second kappa shape index (κ2) is 6.03. The predicted molar refractivity (Wildman–Crippen MR) is 66.3 cm³/mol. The third-order valence-electron chi connectivity index (χ3n) is 2.39.